The number of aromatic hydroxyl groups is 1. The minimum atomic E-state index is -2.95. The molecule has 2 N–H and O–H groups in total. The van der Waals surface area contributed by atoms with Gasteiger partial charge in [0.05, 0.1) is 5.56 Å². The average Bonchev–Trinajstić information content (AvgIpc) is 2.55. The number of esters is 1. The SMILES string of the molecule is O=C(COC(=O)c1ccc(OC(F)F)cc1)Nc1ccc(O)cc1. The molecule has 2 rings (SSSR count). The summed E-state index contributed by atoms with van der Waals surface area (Å²) in [5.41, 5.74) is 0.524. The molecule has 0 saturated carbocycles. The molecule has 0 aliphatic heterocycles. The summed E-state index contributed by atoms with van der Waals surface area (Å²) in [6, 6.07) is 10.6. The van der Waals surface area contributed by atoms with Gasteiger partial charge in [-0.3, -0.25) is 4.79 Å². The Hall–Kier alpha value is -3.16. The molecule has 0 radical (unpaired) electrons. The van der Waals surface area contributed by atoms with Crippen LogP contribution in [0.5, 0.6) is 11.5 Å². The van der Waals surface area contributed by atoms with Gasteiger partial charge in [0, 0.05) is 5.69 Å². The number of hydrogen-bond acceptors (Lipinski definition) is 5. The molecular formula is C16H13F2NO5. The van der Waals surface area contributed by atoms with Crippen LogP contribution in [0.2, 0.25) is 0 Å². The topological polar surface area (TPSA) is 84.9 Å². The van der Waals surface area contributed by atoms with Gasteiger partial charge in [0.1, 0.15) is 11.5 Å². The number of anilines is 1. The maximum Gasteiger partial charge on any atom is 0.387 e. The van der Waals surface area contributed by atoms with Gasteiger partial charge in [-0.25, -0.2) is 4.79 Å². The van der Waals surface area contributed by atoms with Crippen molar-refractivity contribution in [3.8, 4) is 11.5 Å². The molecule has 2 aromatic carbocycles. The van der Waals surface area contributed by atoms with E-state index >= 15 is 0 Å². The van der Waals surface area contributed by atoms with Crippen molar-refractivity contribution < 1.29 is 33.0 Å². The molecule has 0 heterocycles. The smallest absolute Gasteiger partial charge is 0.387 e. The fourth-order valence-electron chi connectivity index (χ4n) is 1.73. The Morgan fingerprint density at radius 2 is 1.67 bits per heavy atom. The van der Waals surface area contributed by atoms with Gasteiger partial charge in [-0.05, 0) is 48.5 Å². The molecule has 0 aliphatic carbocycles. The molecule has 126 valence electrons. The van der Waals surface area contributed by atoms with E-state index in [4.69, 9.17) is 9.84 Å². The van der Waals surface area contributed by atoms with Crippen LogP contribution in [-0.4, -0.2) is 30.2 Å². The van der Waals surface area contributed by atoms with Gasteiger partial charge in [0.25, 0.3) is 5.91 Å². The van der Waals surface area contributed by atoms with Gasteiger partial charge in [-0.1, -0.05) is 0 Å². The van der Waals surface area contributed by atoms with Gasteiger partial charge < -0.3 is 19.9 Å². The summed E-state index contributed by atoms with van der Waals surface area (Å²) in [5.74, 6) is -1.38. The summed E-state index contributed by atoms with van der Waals surface area (Å²) >= 11 is 0. The van der Waals surface area contributed by atoms with Gasteiger partial charge in [-0.15, -0.1) is 0 Å². The van der Waals surface area contributed by atoms with Crippen LogP contribution in [0.1, 0.15) is 10.4 Å². The molecule has 6 nitrogen and oxygen atoms in total. The number of benzene rings is 2. The van der Waals surface area contributed by atoms with E-state index in [9.17, 15) is 18.4 Å². The highest BCUT2D eigenvalue weighted by atomic mass is 19.3. The molecule has 2 aromatic rings. The van der Waals surface area contributed by atoms with Crippen molar-refractivity contribution in [3.63, 3.8) is 0 Å². The van der Waals surface area contributed by atoms with Crippen LogP contribution in [0.25, 0.3) is 0 Å². The zero-order valence-electron chi connectivity index (χ0n) is 12.2. The normalized spacial score (nSPS) is 10.3. The highest BCUT2D eigenvalue weighted by Gasteiger charge is 2.11. The lowest BCUT2D eigenvalue weighted by Gasteiger charge is -2.08. The third-order valence-electron chi connectivity index (χ3n) is 2.80. The number of carbonyl (C=O) groups is 2. The Bertz CT molecular complexity index is 701. The Morgan fingerprint density at radius 3 is 2.25 bits per heavy atom. The molecule has 0 saturated heterocycles. The van der Waals surface area contributed by atoms with Gasteiger partial charge in [-0.2, -0.15) is 8.78 Å². The Morgan fingerprint density at radius 1 is 1.04 bits per heavy atom. The first-order valence-electron chi connectivity index (χ1n) is 6.75. The summed E-state index contributed by atoms with van der Waals surface area (Å²) in [4.78, 5) is 23.4. The Labute approximate surface area is 135 Å². The van der Waals surface area contributed by atoms with E-state index in [1.807, 2.05) is 0 Å². The number of phenols is 1. The second-order valence-electron chi connectivity index (χ2n) is 4.57. The molecule has 0 atom stereocenters. The van der Waals surface area contributed by atoms with Crippen molar-refractivity contribution in [2.45, 2.75) is 6.61 Å². The van der Waals surface area contributed by atoms with Crippen LogP contribution in [0.4, 0.5) is 14.5 Å². The molecule has 0 unspecified atom stereocenters. The number of ether oxygens (including phenoxy) is 2. The van der Waals surface area contributed by atoms with Crippen LogP contribution in [-0.2, 0) is 9.53 Å². The molecule has 0 spiro atoms. The van der Waals surface area contributed by atoms with Crippen LogP contribution < -0.4 is 10.1 Å². The molecule has 1 amide bonds. The number of carbonyl (C=O) groups excluding carboxylic acids is 2. The third kappa shape index (κ3) is 5.24. The highest BCUT2D eigenvalue weighted by Crippen LogP contribution is 2.16. The monoisotopic (exact) mass is 337 g/mol. The van der Waals surface area contributed by atoms with Crippen molar-refractivity contribution in [1.29, 1.82) is 0 Å². The maximum atomic E-state index is 12.0. The molecule has 0 aromatic heterocycles. The van der Waals surface area contributed by atoms with E-state index in [-0.39, 0.29) is 17.1 Å². The lowest BCUT2D eigenvalue weighted by atomic mass is 10.2. The fourth-order valence-corrected chi connectivity index (χ4v) is 1.73. The van der Waals surface area contributed by atoms with Crippen molar-refractivity contribution in [2.24, 2.45) is 0 Å². The minimum Gasteiger partial charge on any atom is -0.508 e. The molecule has 24 heavy (non-hydrogen) atoms. The molecular weight excluding hydrogens is 324 g/mol. The van der Waals surface area contributed by atoms with Crippen LogP contribution in [0, 0.1) is 0 Å². The minimum absolute atomic E-state index is 0.0543. The Kier molecular flexibility index (Phi) is 5.67. The van der Waals surface area contributed by atoms with Crippen molar-refractivity contribution in [1.82, 2.24) is 0 Å². The molecule has 0 bridgehead atoms. The number of hydrogen-bond donors (Lipinski definition) is 2. The summed E-state index contributed by atoms with van der Waals surface area (Å²) in [6.07, 6.45) is 0. The predicted octanol–water partition coefficient (Wildman–Crippen LogP) is 2.79. The standard InChI is InChI=1S/C16H13F2NO5/c17-16(18)24-13-7-1-10(2-8-13)15(22)23-9-14(21)19-11-3-5-12(20)6-4-11/h1-8,16,20H,9H2,(H,19,21). The van der Waals surface area contributed by atoms with Gasteiger partial charge >= 0.3 is 12.6 Å². The number of halogens is 2. The summed E-state index contributed by atoms with van der Waals surface area (Å²) in [6.45, 7) is -3.47. The van der Waals surface area contributed by atoms with E-state index in [1.54, 1.807) is 0 Å². The fraction of sp³-hybridized carbons (Fsp3) is 0.125. The molecule has 8 heteroatoms. The zero-order chi connectivity index (χ0) is 17.5. The largest absolute Gasteiger partial charge is 0.508 e. The second kappa shape index (κ2) is 7.91. The molecule has 0 fully saturated rings. The predicted molar refractivity (Wildman–Crippen MR) is 80.1 cm³/mol. The van der Waals surface area contributed by atoms with Crippen molar-refractivity contribution in [3.05, 3.63) is 54.1 Å². The first kappa shape index (κ1) is 17.2. The molecule has 0 aliphatic rings. The van der Waals surface area contributed by atoms with Crippen molar-refractivity contribution in [2.75, 3.05) is 11.9 Å². The first-order chi connectivity index (χ1) is 11.4. The second-order valence-corrected chi connectivity index (χ2v) is 4.57. The first-order valence-corrected chi connectivity index (χ1v) is 6.75. The highest BCUT2D eigenvalue weighted by molar-refractivity contribution is 5.95. The average molecular weight is 337 g/mol. The van der Waals surface area contributed by atoms with E-state index < -0.39 is 25.1 Å². The number of rotatable bonds is 6. The Balaban J connectivity index is 1.83. The summed E-state index contributed by atoms with van der Waals surface area (Å²) in [5, 5.41) is 11.6. The number of alkyl halides is 2. The van der Waals surface area contributed by atoms with E-state index in [0.29, 0.717) is 5.69 Å². The number of phenolic OH excluding ortho intramolecular Hbond substituents is 1. The quantitative estimate of drug-likeness (QED) is 0.625. The van der Waals surface area contributed by atoms with E-state index in [1.165, 1.54) is 48.5 Å². The maximum absolute atomic E-state index is 12.0. The van der Waals surface area contributed by atoms with Crippen LogP contribution in [0.15, 0.2) is 48.5 Å². The van der Waals surface area contributed by atoms with E-state index in [0.717, 1.165) is 0 Å². The number of amides is 1. The summed E-state index contributed by atoms with van der Waals surface area (Å²) in [7, 11) is 0. The third-order valence-corrected chi connectivity index (χ3v) is 2.80. The lowest BCUT2D eigenvalue weighted by Crippen LogP contribution is -2.20. The zero-order valence-corrected chi connectivity index (χ0v) is 12.2. The van der Waals surface area contributed by atoms with E-state index in [2.05, 4.69) is 10.1 Å². The van der Waals surface area contributed by atoms with Crippen LogP contribution >= 0.6 is 0 Å². The van der Waals surface area contributed by atoms with Gasteiger partial charge in [0.2, 0.25) is 0 Å². The summed E-state index contributed by atoms with van der Waals surface area (Å²) < 4.78 is 33.0. The lowest BCUT2D eigenvalue weighted by molar-refractivity contribution is -0.119. The number of nitrogens with one attached hydrogen (secondary N) is 1. The van der Waals surface area contributed by atoms with Crippen LogP contribution in [0.3, 0.4) is 0 Å². The van der Waals surface area contributed by atoms with Crippen molar-refractivity contribution >= 4 is 17.6 Å². The van der Waals surface area contributed by atoms with Gasteiger partial charge in [0.15, 0.2) is 6.61 Å².